The van der Waals surface area contributed by atoms with Gasteiger partial charge >= 0.3 is 6.18 Å². The van der Waals surface area contributed by atoms with Crippen LogP contribution in [0.1, 0.15) is 44.1 Å². The van der Waals surface area contributed by atoms with Gasteiger partial charge in [0, 0.05) is 37.3 Å². The predicted molar refractivity (Wildman–Crippen MR) is 122 cm³/mol. The molecule has 2 heterocycles. The number of hydroxylamine groups is 1. The van der Waals surface area contributed by atoms with Crippen molar-refractivity contribution >= 4 is 15.7 Å². The molecular weight excluding hydrogens is 483 g/mol. The van der Waals surface area contributed by atoms with Crippen LogP contribution in [-0.2, 0) is 21.1 Å². The van der Waals surface area contributed by atoms with Crippen LogP contribution in [0.25, 0.3) is 11.3 Å². The number of piperidine rings is 1. The van der Waals surface area contributed by atoms with Crippen LogP contribution in [0.5, 0.6) is 0 Å². The molecule has 0 atom stereocenters. The third-order valence-electron chi connectivity index (χ3n) is 6.91. The standard InChI is InChI=1S/C24H28F3N3O4S/c25-24(26,27)11-1-2-17-3-10-21(28-16-17)18-4-8-20(9-5-18)35(33,34)23(22(31)29-32)12-14-30(15-13-23)19-6-7-19/h3-5,8-10,16,19,32H,1-2,6-7,11-15H2,(H,29,31). The molecule has 0 unspecified atom stereocenters. The number of likely N-dealkylation sites (tertiary alicyclic amines) is 1. The molecule has 0 spiro atoms. The van der Waals surface area contributed by atoms with Gasteiger partial charge in [0.1, 0.15) is 0 Å². The van der Waals surface area contributed by atoms with Gasteiger partial charge in [-0.25, -0.2) is 13.9 Å². The molecule has 1 amide bonds. The smallest absolute Gasteiger partial charge is 0.300 e. The molecule has 0 radical (unpaired) electrons. The number of carbonyl (C=O) groups is 1. The van der Waals surface area contributed by atoms with Gasteiger partial charge in [-0.05, 0) is 62.3 Å². The molecule has 0 bridgehead atoms. The third-order valence-corrected chi connectivity index (χ3v) is 9.42. The summed E-state index contributed by atoms with van der Waals surface area (Å²) in [7, 11) is -4.10. The summed E-state index contributed by atoms with van der Waals surface area (Å²) in [6.45, 7) is 0.934. The second-order valence-electron chi connectivity index (χ2n) is 9.25. The van der Waals surface area contributed by atoms with E-state index in [0.717, 1.165) is 12.8 Å². The Labute approximate surface area is 202 Å². The van der Waals surface area contributed by atoms with Crippen LogP contribution < -0.4 is 5.48 Å². The van der Waals surface area contributed by atoms with Crippen LogP contribution in [-0.4, -0.2) is 59.5 Å². The maximum atomic E-state index is 13.6. The highest BCUT2D eigenvalue weighted by molar-refractivity contribution is 7.93. The molecule has 1 saturated carbocycles. The Kier molecular flexibility index (Phi) is 7.21. The number of pyridine rings is 1. The summed E-state index contributed by atoms with van der Waals surface area (Å²) in [6, 6.07) is 9.85. The maximum absolute atomic E-state index is 13.6. The number of aryl methyl sites for hydroxylation is 1. The zero-order valence-electron chi connectivity index (χ0n) is 19.1. The summed E-state index contributed by atoms with van der Waals surface area (Å²) in [4.78, 5) is 19.1. The van der Waals surface area contributed by atoms with Crippen molar-refractivity contribution in [3.8, 4) is 11.3 Å². The van der Waals surface area contributed by atoms with Gasteiger partial charge in [-0.2, -0.15) is 13.2 Å². The highest BCUT2D eigenvalue weighted by Gasteiger charge is 2.54. The van der Waals surface area contributed by atoms with Gasteiger partial charge in [0.2, 0.25) is 0 Å². The highest BCUT2D eigenvalue weighted by Crippen LogP contribution is 2.39. The van der Waals surface area contributed by atoms with Gasteiger partial charge in [0.15, 0.2) is 14.6 Å². The van der Waals surface area contributed by atoms with Crippen LogP contribution in [0.4, 0.5) is 13.2 Å². The van der Waals surface area contributed by atoms with Crippen molar-refractivity contribution in [3.63, 3.8) is 0 Å². The Morgan fingerprint density at radius 1 is 1.11 bits per heavy atom. The first-order chi connectivity index (χ1) is 16.6. The van der Waals surface area contributed by atoms with Crippen LogP contribution in [0.2, 0.25) is 0 Å². The molecule has 7 nitrogen and oxygen atoms in total. The minimum Gasteiger partial charge on any atom is -0.300 e. The van der Waals surface area contributed by atoms with Crippen molar-refractivity contribution in [2.75, 3.05) is 13.1 Å². The van der Waals surface area contributed by atoms with E-state index in [4.69, 9.17) is 0 Å². The van der Waals surface area contributed by atoms with E-state index in [0.29, 0.717) is 36.0 Å². The number of nitrogens with zero attached hydrogens (tertiary/aromatic N) is 2. The molecule has 1 aromatic heterocycles. The summed E-state index contributed by atoms with van der Waals surface area (Å²) in [5.74, 6) is -0.917. The number of sulfone groups is 1. The minimum absolute atomic E-state index is 0.0152. The number of aromatic nitrogens is 1. The fourth-order valence-electron chi connectivity index (χ4n) is 4.68. The second kappa shape index (κ2) is 9.87. The zero-order chi connectivity index (χ0) is 25.3. The summed E-state index contributed by atoms with van der Waals surface area (Å²) in [6.07, 6.45) is -0.916. The molecule has 1 aliphatic carbocycles. The van der Waals surface area contributed by atoms with Crippen molar-refractivity contribution in [1.29, 1.82) is 0 Å². The molecule has 1 aromatic carbocycles. The average Bonchev–Trinajstić information content (AvgIpc) is 3.69. The van der Waals surface area contributed by atoms with Crippen molar-refractivity contribution in [1.82, 2.24) is 15.4 Å². The number of hydrogen-bond acceptors (Lipinski definition) is 6. The minimum atomic E-state index is -4.18. The van der Waals surface area contributed by atoms with E-state index in [1.165, 1.54) is 18.3 Å². The number of carbonyl (C=O) groups excluding carboxylic acids is 1. The normalized spacial score (nSPS) is 18.9. The Bertz CT molecular complexity index is 1140. The van der Waals surface area contributed by atoms with Gasteiger partial charge in [0.05, 0.1) is 10.6 Å². The lowest BCUT2D eigenvalue weighted by atomic mass is 9.94. The van der Waals surface area contributed by atoms with Crippen LogP contribution in [0.15, 0.2) is 47.5 Å². The van der Waals surface area contributed by atoms with Crippen molar-refractivity contribution in [3.05, 3.63) is 48.2 Å². The van der Waals surface area contributed by atoms with E-state index in [2.05, 4.69) is 9.88 Å². The lowest BCUT2D eigenvalue weighted by molar-refractivity contribution is -0.135. The van der Waals surface area contributed by atoms with E-state index >= 15 is 0 Å². The number of amides is 1. The Hall–Kier alpha value is -2.50. The summed E-state index contributed by atoms with van der Waals surface area (Å²) in [5.41, 5.74) is 3.44. The summed E-state index contributed by atoms with van der Waals surface area (Å²) in [5, 5.41) is 9.32. The topological polar surface area (TPSA) is 99.6 Å². The first kappa shape index (κ1) is 25.6. The van der Waals surface area contributed by atoms with Crippen LogP contribution >= 0.6 is 0 Å². The van der Waals surface area contributed by atoms with Crippen molar-refractivity contribution in [2.45, 2.75) is 66.8 Å². The number of halogens is 3. The summed E-state index contributed by atoms with van der Waals surface area (Å²) >= 11 is 0. The third kappa shape index (κ3) is 5.52. The van der Waals surface area contributed by atoms with Gasteiger partial charge in [-0.1, -0.05) is 18.2 Å². The maximum Gasteiger partial charge on any atom is 0.389 e. The summed E-state index contributed by atoms with van der Waals surface area (Å²) < 4.78 is 62.4. The first-order valence-electron chi connectivity index (χ1n) is 11.6. The molecule has 11 heteroatoms. The molecular formula is C24H28F3N3O4S. The molecule has 2 fully saturated rings. The van der Waals surface area contributed by atoms with Gasteiger partial charge in [0.25, 0.3) is 5.91 Å². The average molecular weight is 512 g/mol. The van der Waals surface area contributed by atoms with Gasteiger partial charge in [-0.3, -0.25) is 15.0 Å². The molecule has 2 aliphatic rings. The first-order valence-corrected chi connectivity index (χ1v) is 13.1. The van der Waals surface area contributed by atoms with Crippen molar-refractivity contribution in [2.24, 2.45) is 0 Å². The zero-order valence-corrected chi connectivity index (χ0v) is 19.9. The van der Waals surface area contributed by atoms with E-state index in [1.807, 2.05) is 0 Å². The Morgan fingerprint density at radius 2 is 1.77 bits per heavy atom. The second-order valence-corrected chi connectivity index (χ2v) is 11.5. The monoisotopic (exact) mass is 511 g/mol. The van der Waals surface area contributed by atoms with Crippen molar-refractivity contribution < 1.29 is 31.6 Å². The number of alkyl halides is 3. The highest BCUT2D eigenvalue weighted by atomic mass is 32.2. The van der Waals surface area contributed by atoms with E-state index in [9.17, 15) is 31.6 Å². The number of hydrogen-bond donors (Lipinski definition) is 2. The molecule has 190 valence electrons. The van der Waals surface area contributed by atoms with E-state index < -0.39 is 33.1 Å². The molecule has 35 heavy (non-hydrogen) atoms. The lowest BCUT2D eigenvalue weighted by Crippen LogP contribution is -2.58. The van der Waals surface area contributed by atoms with E-state index in [-0.39, 0.29) is 30.6 Å². The van der Waals surface area contributed by atoms with Gasteiger partial charge in [-0.15, -0.1) is 0 Å². The Morgan fingerprint density at radius 3 is 2.29 bits per heavy atom. The molecule has 1 aliphatic heterocycles. The van der Waals surface area contributed by atoms with Crippen LogP contribution in [0, 0.1) is 0 Å². The molecule has 1 saturated heterocycles. The van der Waals surface area contributed by atoms with Gasteiger partial charge < -0.3 is 4.90 Å². The largest absolute Gasteiger partial charge is 0.389 e. The van der Waals surface area contributed by atoms with E-state index in [1.54, 1.807) is 29.7 Å². The predicted octanol–water partition coefficient (Wildman–Crippen LogP) is 3.91. The molecule has 4 rings (SSSR count). The number of nitrogens with one attached hydrogen (secondary N) is 1. The van der Waals surface area contributed by atoms with Crippen LogP contribution in [0.3, 0.4) is 0 Å². The quantitative estimate of drug-likeness (QED) is 0.412. The number of rotatable bonds is 8. The fraction of sp³-hybridized carbons (Fsp3) is 0.500. The lowest BCUT2D eigenvalue weighted by Gasteiger charge is -2.39. The molecule has 2 N–H and O–H groups in total. The Balaban J connectivity index is 1.49. The number of benzene rings is 1. The molecule has 2 aromatic rings. The fourth-order valence-corrected chi connectivity index (χ4v) is 6.63. The SMILES string of the molecule is O=C(NO)C1(S(=O)(=O)c2ccc(-c3ccc(CCCC(F)(F)F)cn3)cc2)CCN(C2CC2)CC1.